The summed E-state index contributed by atoms with van der Waals surface area (Å²) in [5.41, 5.74) is 6.62. The van der Waals surface area contributed by atoms with Gasteiger partial charge in [0.25, 0.3) is 0 Å². The zero-order valence-corrected chi connectivity index (χ0v) is 19.0. The van der Waals surface area contributed by atoms with Crippen molar-refractivity contribution in [2.45, 2.75) is 31.3 Å². The van der Waals surface area contributed by atoms with Crippen molar-refractivity contribution in [3.8, 4) is 22.6 Å². The van der Waals surface area contributed by atoms with Crippen molar-refractivity contribution in [2.24, 2.45) is 0 Å². The molecule has 2 aromatic heterocycles. The lowest BCUT2D eigenvalue weighted by atomic mass is 10.0. The molecule has 0 saturated heterocycles. The van der Waals surface area contributed by atoms with Gasteiger partial charge in [0.2, 0.25) is 0 Å². The highest BCUT2D eigenvalue weighted by atomic mass is 32.2. The van der Waals surface area contributed by atoms with Crippen molar-refractivity contribution in [1.82, 2.24) is 19.7 Å². The second kappa shape index (κ2) is 8.97. The van der Waals surface area contributed by atoms with Gasteiger partial charge in [-0.05, 0) is 31.5 Å². The van der Waals surface area contributed by atoms with Crippen LogP contribution >= 0.6 is 11.8 Å². The summed E-state index contributed by atoms with van der Waals surface area (Å²) in [5.74, 6) is 1.75. The molecule has 0 N–H and O–H groups in total. The van der Waals surface area contributed by atoms with Gasteiger partial charge >= 0.3 is 0 Å². The number of rotatable bonds is 6. The molecule has 0 aliphatic carbocycles. The average Bonchev–Trinajstić information content (AvgIpc) is 3.26. The maximum Gasteiger partial charge on any atom is 0.191 e. The fraction of sp³-hybridized carbons (Fsp3) is 0.148. The number of benzene rings is 3. The van der Waals surface area contributed by atoms with Gasteiger partial charge in [0.05, 0.1) is 11.2 Å². The van der Waals surface area contributed by atoms with E-state index in [0.29, 0.717) is 0 Å². The molecule has 4 nitrogen and oxygen atoms in total. The topological polar surface area (TPSA) is 43.6 Å². The predicted octanol–water partition coefficient (Wildman–Crippen LogP) is 6.78. The summed E-state index contributed by atoms with van der Waals surface area (Å²) in [7, 11) is 0. The van der Waals surface area contributed by atoms with Crippen LogP contribution in [0.25, 0.3) is 33.5 Å². The second-order valence-electron chi connectivity index (χ2n) is 7.76. The van der Waals surface area contributed by atoms with Crippen molar-refractivity contribution in [3.05, 3.63) is 96.1 Å². The first kappa shape index (κ1) is 20.5. The van der Waals surface area contributed by atoms with Crippen LogP contribution in [0.1, 0.15) is 18.1 Å². The normalized spacial score (nSPS) is 11.2. The molecule has 0 spiro atoms. The highest BCUT2D eigenvalue weighted by molar-refractivity contribution is 7.98. The smallest absolute Gasteiger partial charge is 0.191 e. The maximum atomic E-state index is 4.91. The van der Waals surface area contributed by atoms with Crippen LogP contribution in [0.5, 0.6) is 0 Å². The lowest BCUT2D eigenvalue weighted by Crippen LogP contribution is -2.01. The molecule has 0 unspecified atom stereocenters. The fourth-order valence-corrected chi connectivity index (χ4v) is 4.79. The maximum absolute atomic E-state index is 4.91. The lowest BCUT2D eigenvalue weighted by Gasteiger charge is -2.12. The molecular weight excluding hydrogens is 412 g/mol. The Morgan fingerprint density at radius 3 is 2.38 bits per heavy atom. The van der Waals surface area contributed by atoms with Gasteiger partial charge in [-0.1, -0.05) is 90.1 Å². The highest BCUT2D eigenvalue weighted by Crippen LogP contribution is 2.33. The van der Waals surface area contributed by atoms with Crippen molar-refractivity contribution in [2.75, 3.05) is 0 Å². The van der Waals surface area contributed by atoms with Gasteiger partial charge in [-0.2, -0.15) is 0 Å². The molecule has 0 fully saturated rings. The summed E-state index contributed by atoms with van der Waals surface area (Å²) in [6.07, 6.45) is 0. The number of fused-ring (bicyclic) bond motifs is 1. The van der Waals surface area contributed by atoms with Crippen molar-refractivity contribution in [3.63, 3.8) is 0 Å². The Hall–Kier alpha value is -3.44. The Kier molecular flexibility index (Phi) is 5.73. The van der Waals surface area contributed by atoms with Crippen LogP contribution in [0.15, 0.2) is 90.1 Å². The number of hydrogen-bond donors (Lipinski definition) is 0. The number of thioether (sulfide) groups is 1. The summed E-state index contributed by atoms with van der Waals surface area (Å²) in [6.45, 7) is 5.06. The molecule has 0 aliphatic heterocycles. The lowest BCUT2D eigenvalue weighted by molar-refractivity contribution is 0.687. The fourth-order valence-electron chi connectivity index (χ4n) is 3.83. The van der Waals surface area contributed by atoms with Crippen molar-refractivity contribution in [1.29, 1.82) is 0 Å². The Morgan fingerprint density at radius 2 is 1.59 bits per heavy atom. The first-order valence-electron chi connectivity index (χ1n) is 10.8. The number of nitrogens with zero attached hydrogens (tertiary/aromatic N) is 4. The van der Waals surface area contributed by atoms with E-state index in [0.717, 1.165) is 51.0 Å². The number of aryl methyl sites for hydroxylation is 1. The Bertz CT molecular complexity index is 1360. The van der Waals surface area contributed by atoms with E-state index in [1.54, 1.807) is 11.8 Å². The minimum Gasteiger partial charge on any atom is -0.302 e. The Balaban J connectivity index is 1.57. The van der Waals surface area contributed by atoms with Crippen molar-refractivity contribution >= 4 is 22.7 Å². The predicted molar refractivity (Wildman–Crippen MR) is 133 cm³/mol. The SMILES string of the molecule is CCn1c(SCc2ccc(C)cc2)nnc1-c1cc(-c2ccccc2)nc2ccccc12. The third kappa shape index (κ3) is 4.04. The molecule has 3 aromatic carbocycles. The Labute approximate surface area is 192 Å². The molecule has 0 saturated carbocycles. The van der Waals surface area contributed by atoms with Crippen LogP contribution in [0.4, 0.5) is 0 Å². The van der Waals surface area contributed by atoms with Crippen LogP contribution < -0.4 is 0 Å². The average molecular weight is 437 g/mol. The number of para-hydroxylation sites is 1. The molecular formula is C27H24N4S. The largest absolute Gasteiger partial charge is 0.302 e. The molecule has 158 valence electrons. The first-order chi connectivity index (χ1) is 15.7. The van der Waals surface area contributed by atoms with Gasteiger partial charge in [-0.15, -0.1) is 10.2 Å². The molecule has 0 amide bonds. The third-order valence-corrected chi connectivity index (χ3v) is 6.59. The minimum atomic E-state index is 0.801. The van der Waals surface area contributed by atoms with E-state index in [2.05, 4.69) is 89.3 Å². The molecule has 5 rings (SSSR count). The first-order valence-corrected chi connectivity index (χ1v) is 11.8. The molecule has 0 aliphatic rings. The summed E-state index contributed by atoms with van der Waals surface area (Å²) in [5, 5.41) is 11.2. The van der Waals surface area contributed by atoms with E-state index < -0.39 is 0 Å². The molecule has 0 bridgehead atoms. The number of aromatic nitrogens is 4. The van der Waals surface area contributed by atoms with Gasteiger partial charge in [-0.25, -0.2) is 4.98 Å². The van der Waals surface area contributed by atoms with E-state index in [9.17, 15) is 0 Å². The van der Waals surface area contributed by atoms with Gasteiger partial charge in [0, 0.05) is 28.8 Å². The molecule has 5 aromatic rings. The number of hydrogen-bond acceptors (Lipinski definition) is 4. The monoisotopic (exact) mass is 436 g/mol. The second-order valence-corrected chi connectivity index (χ2v) is 8.71. The molecule has 0 radical (unpaired) electrons. The van der Waals surface area contributed by atoms with E-state index in [1.165, 1.54) is 11.1 Å². The summed E-state index contributed by atoms with van der Waals surface area (Å²) in [6, 6.07) is 29.3. The van der Waals surface area contributed by atoms with Crippen LogP contribution in [0, 0.1) is 6.92 Å². The molecule has 32 heavy (non-hydrogen) atoms. The van der Waals surface area contributed by atoms with Crippen LogP contribution in [0.2, 0.25) is 0 Å². The van der Waals surface area contributed by atoms with E-state index >= 15 is 0 Å². The minimum absolute atomic E-state index is 0.801. The standard InChI is InChI=1S/C27H24N4S/c1-3-31-26(29-30-27(31)32-18-20-15-13-19(2)14-16-20)23-17-25(21-9-5-4-6-10-21)28-24-12-8-7-11-22(23)24/h4-17H,3,18H2,1-2H3. The zero-order valence-electron chi connectivity index (χ0n) is 18.2. The molecule has 2 heterocycles. The van der Waals surface area contributed by atoms with Crippen LogP contribution in [-0.4, -0.2) is 19.7 Å². The van der Waals surface area contributed by atoms with Gasteiger partial charge in [0.15, 0.2) is 11.0 Å². The van der Waals surface area contributed by atoms with E-state index in [-0.39, 0.29) is 0 Å². The van der Waals surface area contributed by atoms with Crippen molar-refractivity contribution < 1.29 is 0 Å². The molecule has 0 atom stereocenters. The summed E-state index contributed by atoms with van der Waals surface area (Å²) in [4.78, 5) is 4.91. The number of pyridine rings is 1. The quantitative estimate of drug-likeness (QED) is 0.275. The zero-order chi connectivity index (χ0) is 21.9. The van der Waals surface area contributed by atoms with Gasteiger partial charge in [0.1, 0.15) is 0 Å². The van der Waals surface area contributed by atoms with Gasteiger partial charge < -0.3 is 4.57 Å². The van der Waals surface area contributed by atoms with E-state index in [1.807, 2.05) is 24.3 Å². The summed E-state index contributed by atoms with van der Waals surface area (Å²) >= 11 is 1.73. The van der Waals surface area contributed by atoms with E-state index in [4.69, 9.17) is 4.98 Å². The van der Waals surface area contributed by atoms with Crippen LogP contribution in [0.3, 0.4) is 0 Å². The molecule has 5 heteroatoms. The third-order valence-electron chi connectivity index (χ3n) is 5.55. The van der Waals surface area contributed by atoms with Crippen LogP contribution in [-0.2, 0) is 12.3 Å². The Morgan fingerprint density at radius 1 is 0.844 bits per heavy atom. The van der Waals surface area contributed by atoms with Gasteiger partial charge in [-0.3, -0.25) is 0 Å². The summed E-state index contributed by atoms with van der Waals surface area (Å²) < 4.78 is 2.20. The highest BCUT2D eigenvalue weighted by Gasteiger charge is 2.17.